The molecule has 1 saturated carbocycles. The fraction of sp³-hybridized carbons (Fsp3) is 0.609. The minimum Gasteiger partial charge on any atom is -0.486 e. The molecule has 1 unspecified atom stereocenters. The smallest absolute Gasteiger partial charge is 0.327 e. The van der Waals surface area contributed by atoms with E-state index < -0.39 is 5.54 Å². The van der Waals surface area contributed by atoms with Gasteiger partial charge in [-0.15, -0.1) is 0 Å². The van der Waals surface area contributed by atoms with E-state index in [4.69, 9.17) is 9.47 Å². The second-order valence-corrected chi connectivity index (χ2v) is 9.02. The summed E-state index contributed by atoms with van der Waals surface area (Å²) >= 11 is 0. The van der Waals surface area contributed by atoms with Crippen molar-refractivity contribution < 1.29 is 23.9 Å². The van der Waals surface area contributed by atoms with Gasteiger partial charge in [-0.05, 0) is 36.5 Å². The highest BCUT2D eigenvalue weighted by molar-refractivity contribution is 6.09. The van der Waals surface area contributed by atoms with Gasteiger partial charge >= 0.3 is 6.03 Å². The Morgan fingerprint density at radius 2 is 1.77 bits per heavy atom. The van der Waals surface area contributed by atoms with Crippen molar-refractivity contribution in [1.29, 1.82) is 0 Å². The van der Waals surface area contributed by atoms with E-state index in [0.717, 1.165) is 29.7 Å². The number of hydrogen-bond donors (Lipinski definition) is 1. The Morgan fingerprint density at radius 3 is 2.45 bits per heavy atom. The van der Waals surface area contributed by atoms with Gasteiger partial charge in [0.1, 0.15) is 25.3 Å². The number of hydrogen-bond acceptors (Lipinski definition) is 5. The van der Waals surface area contributed by atoms with E-state index in [1.165, 1.54) is 0 Å². The van der Waals surface area contributed by atoms with Crippen LogP contribution in [-0.4, -0.2) is 60.0 Å². The second kappa shape index (κ2) is 8.40. The molecule has 1 aromatic carbocycles. The van der Waals surface area contributed by atoms with E-state index in [1.54, 1.807) is 11.9 Å². The van der Waals surface area contributed by atoms with Crippen LogP contribution in [0.1, 0.15) is 57.6 Å². The van der Waals surface area contributed by atoms with Gasteiger partial charge in [0.25, 0.3) is 5.91 Å². The Bertz CT molecular complexity index is 878. The van der Waals surface area contributed by atoms with Crippen LogP contribution in [0.4, 0.5) is 4.79 Å². The number of urea groups is 1. The van der Waals surface area contributed by atoms with Crippen molar-refractivity contribution in [3.05, 3.63) is 23.8 Å². The molecule has 0 radical (unpaired) electrons. The number of carbonyl (C=O) groups excluding carboxylic acids is 3. The molecule has 0 bridgehead atoms. The summed E-state index contributed by atoms with van der Waals surface area (Å²) in [6, 6.07) is 4.98. The molecule has 1 saturated heterocycles. The molecule has 3 aliphatic rings. The number of benzene rings is 1. The lowest BCUT2D eigenvalue weighted by molar-refractivity contribution is -0.137. The molecular weight excluding hydrogens is 398 g/mol. The minimum absolute atomic E-state index is 0.101. The quantitative estimate of drug-likeness (QED) is 0.727. The fourth-order valence-electron chi connectivity index (χ4n) is 4.92. The molecule has 8 nitrogen and oxygen atoms in total. The van der Waals surface area contributed by atoms with Crippen LogP contribution in [0.15, 0.2) is 18.2 Å². The highest BCUT2D eigenvalue weighted by Crippen LogP contribution is 2.39. The zero-order valence-corrected chi connectivity index (χ0v) is 18.5. The molecule has 2 aliphatic heterocycles. The minimum atomic E-state index is -0.775. The molecule has 1 aromatic rings. The molecule has 1 spiro atoms. The Morgan fingerprint density at radius 1 is 1.10 bits per heavy atom. The van der Waals surface area contributed by atoms with Gasteiger partial charge in [0.05, 0.1) is 6.04 Å². The van der Waals surface area contributed by atoms with Gasteiger partial charge in [0.15, 0.2) is 11.5 Å². The zero-order chi connectivity index (χ0) is 22.2. The van der Waals surface area contributed by atoms with Crippen LogP contribution in [0.2, 0.25) is 0 Å². The van der Waals surface area contributed by atoms with Crippen molar-refractivity contribution in [2.75, 3.05) is 26.8 Å². The van der Waals surface area contributed by atoms with Gasteiger partial charge < -0.3 is 19.7 Å². The van der Waals surface area contributed by atoms with Crippen molar-refractivity contribution >= 4 is 17.8 Å². The van der Waals surface area contributed by atoms with Crippen LogP contribution in [0.3, 0.4) is 0 Å². The third-order valence-electron chi connectivity index (χ3n) is 6.69. The average molecular weight is 430 g/mol. The summed E-state index contributed by atoms with van der Waals surface area (Å²) in [5.41, 5.74) is 0.121. The Hall–Kier alpha value is -2.77. The number of likely N-dealkylation sites (N-methyl/N-ethyl adjacent to an activating group) is 1. The van der Waals surface area contributed by atoms with Gasteiger partial charge in [-0.1, -0.05) is 39.2 Å². The summed E-state index contributed by atoms with van der Waals surface area (Å²) in [5, 5.41) is 3.01. The first-order chi connectivity index (χ1) is 14.8. The van der Waals surface area contributed by atoms with Crippen molar-refractivity contribution in [2.45, 2.75) is 57.5 Å². The Kier molecular flexibility index (Phi) is 5.81. The molecule has 0 aromatic heterocycles. The maximum Gasteiger partial charge on any atom is 0.327 e. The van der Waals surface area contributed by atoms with Gasteiger partial charge in [-0.25, -0.2) is 4.79 Å². The summed E-state index contributed by atoms with van der Waals surface area (Å²) in [7, 11) is 1.68. The van der Waals surface area contributed by atoms with E-state index in [9.17, 15) is 14.4 Å². The van der Waals surface area contributed by atoms with E-state index in [-0.39, 0.29) is 36.3 Å². The molecule has 1 aliphatic carbocycles. The lowest BCUT2D eigenvalue weighted by Gasteiger charge is -2.35. The lowest BCUT2D eigenvalue weighted by atomic mass is 9.81. The normalized spacial score (nSPS) is 21.0. The third-order valence-corrected chi connectivity index (χ3v) is 6.69. The maximum atomic E-state index is 13.1. The first-order valence-electron chi connectivity index (χ1n) is 11.1. The van der Waals surface area contributed by atoms with Gasteiger partial charge in [0, 0.05) is 7.05 Å². The Labute approximate surface area is 182 Å². The lowest BCUT2D eigenvalue weighted by Crippen LogP contribution is -2.49. The molecule has 1 atom stereocenters. The molecule has 31 heavy (non-hydrogen) atoms. The number of fused-ring (bicyclic) bond motifs is 1. The van der Waals surface area contributed by atoms with E-state index in [1.807, 2.05) is 32.0 Å². The first kappa shape index (κ1) is 21.5. The summed E-state index contributed by atoms with van der Waals surface area (Å²) in [6.07, 6.45) is 4.24. The number of carbonyl (C=O) groups is 3. The highest BCUT2D eigenvalue weighted by atomic mass is 16.6. The standard InChI is InChI=1S/C23H31N3O5/c1-15(2)20(16-7-8-17-18(13-16)31-12-11-30-17)24-19(27)14-26-21(28)23(25(3)22(26)29)9-5-4-6-10-23/h7-8,13,15,20H,4-6,9-12,14H2,1-3H3,(H,24,27). The van der Waals surface area contributed by atoms with Gasteiger partial charge in [-0.3, -0.25) is 14.5 Å². The summed E-state index contributed by atoms with van der Waals surface area (Å²) in [4.78, 5) is 41.5. The van der Waals surface area contributed by atoms with E-state index in [2.05, 4.69) is 5.32 Å². The Balaban J connectivity index is 1.48. The number of nitrogens with one attached hydrogen (secondary N) is 1. The SMILES string of the molecule is CC(C)C(NC(=O)CN1C(=O)N(C)C2(CCCCC2)C1=O)c1ccc2c(c1)OCCO2. The molecule has 8 heteroatoms. The van der Waals surface area contributed by atoms with Crippen molar-refractivity contribution in [2.24, 2.45) is 5.92 Å². The molecule has 2 fully saturated rings. The van der Waals surface area contributed by atoms with Gasteiger partial charge in [-0.2, -0.15) is 0 Å². The van der Waals surface area contributed by atoms with Crippen LogP contribution in [0.25, 0.3) is 0 Å². The monoisotopic (exact) mass is 429 g/mol. The number of amides is 4. The average Bonchev–Trinajstić information content (AvgIpc) is 2.94. The van der Waals surface area contributed by atoms with Gasteiger partial charge in [0.2, 0.25) is 5.91 Å². The molecule has 168 valence electrons. The van der Waals surface area contributed by atoms with Crippen LogP contribution in [0.5, 0.6) is 11.5 Å². The largest absolute Gasteiger partial charge is 0.486 e. The number of imide groups is 1. The van der Waals surface area contributed by atoms with Crippen LogP contribution >= 0.6 is 0 Å². The second-order valence-electron chi connectivity index (χ2n) is 9.02. The predicted molar refractivity (Wildman–Crippen MR) is 114 cm³/mol. The third kappa shape index (κ3) is 3.83. The highest BCUT2D eigenvalue weighted by Gasteiger charge is 2.55. The predicted octanol–water partition coefficient (Wildman–Crippen LogP) is 2.87. The van der Waals surface area contributed by atoms with Crippen LogP contribution in [-0.2, 0) is 9.59 Å². The van der Waals surface area contributed by atoms with Crippen molar-refractivity contribution in [1.82, 2.24) is 15.1 Å². The summed E-state index contributed by atoms with van der Waals surface area (Å²) in [5.74, 6) is 0.864. The number of ether oxygens (including phenoxy) is 2. The summed E-state index contributed by atoms with van der Waals surface area (Å²) < 4.78 is 11.2. The zero-order valence-electron chi connectivity index (χ0n) is 18.5. The number of rotatable bonds is 5. The van der Waals surface area contributed by atoms with Crippen LogP contribution in [0, 0.1) is 5.92 Å². The molecule has 4 rings (SSSR count). The topological polar surface area (TPSA) is 88.2 Å². The molecule has 1 N–H and O–H groups in total. The van der Waals surface area contributed by atoms with E-state index in [0.29, 0.717) is 37.6 Å². The molecular formula is C23H31N3O5. The van der Waals surface area contributed by atoms with Crippen LogP contribution < -0.4 is 14.8 Å². The first-order valence-corrected chi connectivity index (χ1v) is 11.1. The summed E-state index contributed by atoms with van der Waals surface area (Å²) in [6.45, 7) is 4.77. The molecule has 4 amide bonds. The number of nitrogens with zero attached hydrogens (tertiary/aromatic N) is 2. The van der Waals surface area contributed by atoms with Crippen molar-refractivity contribution in [3.63, 3.8) is 0 Å². The fourth-order valence-corrected chi connectivity index (χ4v) is 4.92. The van der Waals surface area contributed by atoms with E-state index >= 15 is 0 Å². The molecule has 2 heterocycles. The maximum absolute atomic E-state index is 13.1. The van der Waals surface area contributed by atoms with Crippen molar-refractivity contribution in [3.8, 4) is 11.5 Å².